The lowest BCUT2D eigenvalue weighted by molar-refractivity contribution is -0.121. The molecule has 8 nitrogen and oxygen atoms in total. The largest absolute Gasteiger partial charge is 0.493 e. The molecule has 0 saturated carbocycles. The van der Waals surface area contributed by atoms with Crippen molar-refractivity contribution in [3.63, 3.8) is 0 Å². The number of benzene rings is 4. The van der Waals surface area contributed by atoms with Gasteiger partial charge in [0, 0.05) is 6.42 Å². The molecule has 1 atom stereocenters. The number of methoxy groups -OCH3 is 1. The number of carbonyl (C=O) groups excluding carboxylic acids is 1. The number of sulfonamides is 1. The molecule has 0 heterocycles. The lowest BCUT2D eigenvalue weighted by atomic mass is 10.0. The van der Waals surface area contributed by atoms with E-state index in [2.05, 4.69) is 48.2 Å². The summed E-state index contributed by atoms with van der Waals surface area (Å²) < 4.78 is 40.4. The lowest BCUT2D eigenvalue weighted by Gasteiger charge is -2.18. The summed E-state index contributed by atoms with van der Waals surface area (Å²) in [6.07, 6.45) is 1.34. The predicted molar refractivity (Wildman–Crippen MR) is 169 cm³/mol. The van der Waals surface area contributed by atoms with E-state index in [1.165, 1.54) is 22.9 Å². The molecule has 0 aliphatic heterocycles. The second-order valence-electron chi connectivity index (χ2n) is 10.5. The van der Waals surface area contributed by atoms with E-state index in [1.54, 1.807) is 67.8 Å². The van der Waals surface area contributed by atoms with Crippen molar-refractivity contribution in [2.75, 3.05) is 7.11 Å². The molecule has 0 bridgehead atoms. The van der Waals surface area contributed by atoms with Crippen LogP contribution in [0.5, 0.6) is 11.5 Å². The standard InChI is InChI=1S/C34H37N3O5S/c1-23-11-14-29(15-12-23)43(39,40)37-31(28-9-7-6-8-10-28)20-34(38)36-35-21-27-13-16-32(33(19-27)41-5)42-22-30-25(3)17-24(2)18-26(30)4/h6-19,21,31,37H,20,22H2,1-5H3,(H,36,38)/b35-21-/t31-/m0/s1. The molecule has 0 radical (unpaired) electrons. The zero-order valence-electron chi connectivity index (χ0n) is 25.0. The third-order valence-corrected chi connectivity index (χ3v) is 8.51. The van der Waals surface area contributed by atoms with Gasteiger partial charge >= 0.3 is 0 Å². The highest BCUT2D eigenvalue weighted by atomic mass is 32.2. The molecule has 224 valence electrons. The maximum absolute atomic E-state index is 13.1. The van der Waals surface area contributed by atoms with E-state index < -0.39 is 22.0 Å². The van der Waals surface area contributed by atoms with Gasteiger partial charge in [0.15, 0.2) is 11.5 Å². The Kier molecular flexibility index (Phi) is 10.3. The molecule has 1 amide bonds. The SMILES string of the molecule is COc1cc(/C=N\NC(=O)C[C@H](NS(=O)(=O)c2ccc(C)cc2)c2ccccc2)ccc1OCc1c(C)cc(C)cc1C. The minimum atomic E-state index is -3.87. The molecule has 0 unspecified atom stereocenters. The van der Waals surface area contributed by atoms with Gasteiger partial charge in [-0.05, 0) is 85.8 Å². The van der Waals surface area contributed by atoms with Crippen LogP contribution in [0, 0.1) is 27.7 Å². The average molecular weight is 600 g/mol. The summed E-state index contributed by atoms with van der Waals surface area (Å²) in [6.45, 7) is 8.52. The summed E-state index contributed by atoms with van der Waals surface area (Å²) in [7, 11) is -2.30. The normalized spacial score (nSPS) is 12.2. The molecule has 4 aromatic rings. The maximum Gasteiger partial charge on any atom is 0.242 e. The van der Waals surface area contributed by atoms with E-state index in [-0.39, 0.29) is 11.3 Å². The van der Waals surface area contributed by atoms with Crippen LogP contribution in [-0.4, -0.2) is 27.6 Å². The Labute approximate surface area is 253 Å². The Morgan fingerprint density at radius 2 is 1.53 bits per heavy atom. The van der Waals surface area contributed by atoms with Crippen LogP contribution in [0.1, 0.15) is 51.4 Å². The Hall–Kier alpha value is -4.47. The first kappa shape index (κ1) is 31.5. The van der Waals surface area contributed by atoms with Crippen molar-refractivity contribution in [1.29, 1.82) is 0 Å². The van der Waals surface area contributed by atoms with Gasteiger partial charge in [-0.1, -0.05) is 65.7 Å². The van der Waals surface area contributed by atoms with Gasteiger partial charge in [-0.2, -0.15) is 5.10 Å². The number of rotatable bonds is 12. The van der Waals surface area contributed by atoms with Gasteiger partial charge in [0.1, 0.15) is 6.61 Å². The van der Waals surface area contributed by atoms with Crippen LogP contribution in [0.4, 0.5) is 0 Å². The highest BCUT2D eigenvalue weighted by molar-refractivity contribution is 7.89. The topological polar surface area (TPSA) is 106 Å². The van der Waals surface area contributed by atoms with Crippen molar-refractivity contribution in [1.82, 2.24) is 10.1 Å². The van der Waals surface area contributed by atoms with Gasteiger partial charge in [0.25, 0.3) is 0 Å². The molecule has 0 spiro atoms. The van der Waals surface area contributed by atoms with Crippen molar-refractivity contribution in [2.45, 2.75) is 51.7 Å². The Morgan fingerprint density at radius 1 is 0.860 bits per heavy atom. The third kappa shape index (κ3) is 8.53. The molecule has 0 saturated heterocycles. The number of hydrogen-bond donors (Lipinski definition) is 2. The number of amides is 1. The van der Waals surface area contributed by atoms with Crippen molar-refractivity contribution in [2.24, 2.45) is 5.10 Å². The Bertz CT molecular complexity index is 1680. The summed E-state index contributed by atoms with van der Waals surface area (Å²) in [4.78, 5) is 13.0. The van der Waals surface area contributed by atoms with Crippen molar-refractivity contribution >= 4 is 22.1 Å². The van der Waals surface area contributed by atoms with Crippen LogP contribution < -0.4 is 19.6 Å². The molecule has 9 heteroatoms. The van der Waals surface area contributed by atoms with Gasteiger partial charge in [-0.25, -0.2) is 18.6 Å². The van der Waals surface area contributed by atoms with E-state index in [9.17, 15) is 13.2 Å². The summed E-state index contributed by atoms with van der Waals surface area (Å²) in [5.74, 6) is 0.675. The van der Waals surface area contributed by atoms with Crippen LogP contribution in [0.25, 0.3) is 0 Å². The number of nitrogens with zero attached hydrogens (tertiary/aromatic N) is 1. The number of nitrogens with one attached hydrogen (secondary N) is 2. The Morgan fingerprint density at radius 3 is 2.19 bits per heavy atom. The highest BCUT2D eigenvalue weighted by Gasteiger charge is 2.23. The molecule has 0 fully saturated rings. The van der Waals surface area contributed by atoms with E-state index in [1.807, 2.05) is 19.1 Å². The predicted octanol–water partition coefficient (Wildman–Crippen LogP) is 6.07. The fraction of sp³-hybridized carbons (Fsp3) is 0.235. The number of carbonyl (C=O) groups is 1. The van der Waals surface area contributed by atoms with Crippen molar-refractivity contribution < 1.29 is 22.7 Å². The quantitative estimate of drug-likeness (QED) is 0.152. The van der Waals surface area contributed by atoms with Gasteiger partial charge in [-0.3, -0.25) is 4.79 Å². The average Bonchev–Trinajstić information content (AvgIpc) is 2.97. The first-order valence-corrected chi connectivity index (χ1v) is 15.4. The molecular formula is C34H37N3O5S. The number of hydrazone groups is 1. The van der Waals surface area contributed by atoms with E-state index >= 15 is 0 Å². The van der Waals surface area contributed by atoms with Crippen LogP contribution in [0.15, 0.2) is 94.9 Å². The summed E-state index contributed by atoms with van der Waals surface area (Å²) >= 11 is 0. The summed E-state index contributed by atoms with van der Waals surface area (Å²) in [6, 6.07) is 24.4. The molecule has 0 aliphatic rings. The van der Waals surface area contributed by atoms with Crippen LogP contribution in [-0.2, 0) is 21.4 Å². The second-order valence-corrected chi connectivity index (χ2v) is 12.2. The second kappa shape index (κ2) is 14.1. The zero-order chi connectivity index (χ0) is 31.0. The molecule has 4 aromatic carbocycles. The highest BCUT2D eigenvalue weighted by Crippen LogP contribution is 2.29. The van der Waals surface area contributed by atoms with Crippen molar-refractivity contribution in [3.8, 4) is 11.5 Å². The van der Waals surface area contributed by atoms with Crippen LogP contribution >= 0.6 is 0 Å². The zero-order valence-corrected chi connectivity index (χ0v) is 25.9. The number of aryl methyl sites for hydroxylation is 4. The molecule has 0 aliphatic carbocycles. The molecule has 2 N–H and O–H groups in total. The lowest BCUT2D eigenvalue weighted by Crippen LogP contribution is -2.32. The smallest absolute Gasteiger partial charge is 0.242 e. The minimum Gasteiger partial charge on any atom is -0.493 e. The fourth-order valence-corrected chi connectivity index (χ4v) is 5.99. The van der Waals surface area contributed by atoms with Gasteiger partial charge < -0.3 is 9.47 Å². The summed E-state index contributed by atoms with van der Waals surface area (Å²) in [5, 5.41) is 4.08. The maximum atomic E-state index is 13.1. The van der Waals surface area contributed by atoms with E-state index in [0.717, 1.165) is 11.1 Å². The van der Waals surface area contributed by atoms with E-state index in [4.69, 9.17) is 9.47 Å². The monoisotopic (exact) mass is 599 g/mol. The number of hydrogen-bond acceptors (Lipinski definition) is 6. The Balaban J connectivity index is 1.41. The first-order chi connectivity index (χ1) is 20.6. The van der Waals surface area contributed by atoms with Gasteiger partial charge in [0.2, 0.25) is 15.9 Å². The molecule has 0 aromatic heterocycles. The van der Waals surface area contributed by atoms with E-state index in [0.29, 0.717) is 29.2 Å². The molecule has 4 rings (SSSR count). The minimum absolute atomic E-state index is 0.128. The third-order valence-electron chi connectivity index (χ3n) is 7.02. The van der Waals surface area contributed by atoms with Crippen molar-refractivity contribution in [3.05, 3.63) is 124 Å². The van der Waals surface area contributed by atoms with Gasteiger partial charge in [0.05, 0.1) is 24.3 Å². The molecular weight excluding hydrogens is 562 g/mol. The van der Waals surface area contributed by atoms with Crippen LogP contribution in [0.2, 0.25) is 0 Å². The first-order valence-electron chi connectivity index (χ1n) is 13.9. The van der Waals surface area contributed by atoms with Crippen LogP contribution in [0.3, 0.4) is 0 Å². The fourth-order valence-electron chi connectivity index (χ4n) is 4.77. The molecule has 43 heavy (non-hydrogen) atoms. The number of ether oxygens (including phenoxy) is 2. The van der Waals surface area contributed by atoms with Gasteiger partial charge in [-0.15, -0.1) is 0 Å². The summed E-state index contributed by atoms with van der Waals surface area (Å²) in [5.41, 5.74) is 9.50.